The van der Waals surface area contributed by atoms with Crippen molar-refractivity contribution in [3.63, 3.8) is 0 Å². The van der Waals surface area contributed by atoms with Gasteiger partial charge in [-0.05, 0) is 37.0 Å². The molecular formula is C18H27NO3. The second-order valence-corrected chi connectivity index (χ2v) is 6.23. The van der Waals surface area contributed by atoms with Crippen molar-refractivity contribution in [2.45, 2.75) is 64.0 Å². The summed E-state index contributed by atoms with van der Waals surface area (Å²) in [5.41, 5.74) is 0.232. The Morgan fingerprint density at radius 3 is 2.86 bits per heavy atom. The van der Waals surface area contributed by atoms with Crippen LogP contribution in [0.5, 0.6) is 5.75 Å². The number of benzene rings is 1. The van der Waals surface area contributed by atoms with Crippen LogP contribution in [0.3, 0.4) is 0 Å². The minimum absolute atomic E-state index is 0.0818. The molecule has 0 bridgehead atoms. The molecule has 0 unspecified atom stereocenters. The van der Waals surface area contributed by atoms with E-state index in [-0.39, 0.29) is 12.3 Å². The lowest BCUT2D eigenvalue weighted by Crippen LogP contribution is -2.34. The van der Waals surface area contributed by atoms with Gasteiger partial charge in [-0.25, -0.2) is 0 Å². The van der Waals surface area contributed by atoms with Gasteiger partial charge in [0.05, 0.1) is 18.6 Å². The summed E-state index contributed by atoms with van der Waals surface area (Å²) in [6.07, 6.45) is 5.86. The number of rotatable bonds is 8. The van der Waals surface area contributed by atoms with Crippen molar-refractivity contribution in [1.29, 1.82) is 0 Å². The summed E-state index contributed by atoms with van der Waals surface area (Å²) in [7, 11) is 0. The second-order valence-electron chi connectivity index (χ2n) is 6.23. The zero-order valence-corrected chi connectivity index (χ0v) is 13.4. The van der Waals surface area contributed by atoms with Crippen molar-refractivity contribution in [3.05, 3.63) is 29.8 Å². The van der Waals surface area contributed by atoms with E-state index in [0.717, 1.165) is 56.4 Å². The molecule has 22 heavy (non-hydrogen) atoms. The van der Waals surface area contributed by atoms with Crippen molar-refractivity contribution >= 4 is 5.91 Å². The maximum Gasteiger partial charge on any atom is 0.223 e. The van der Waals surface area contributed by atoms with E-state index in [2.05, 4.69) is 12.2 Å². The number of unbranched alkanes of at least 4 members (excludes halogenated alkanes) is 1. The zero-order valence-electron chi connectivity index (χ0n) is 13.4. The molecule has 1 aromatic carbocycles. The smallest absolute Gasteiger partial charge is 0.223 e. The largest absolute Gasteiger partial charge is 0.494 e. The predicted molar refractivity (Wildman–Crippen MR) is 86.7 cm³/mol. The van der Waals surface area contributed by atoms with Crippen molar-refractivity contribution in [3.8, 4) is 5.75 Å². The summed E-state index contributed by atoms with van der Waals surface area (Å²) < 4.78 is 5.66. The highest BCUT2D eigenvalue weighted by molar-refractivity contribution is 5.77. The van der Waals surface area contributed by atoms with Gasteiger partial charge in [0.25, 0.3) is 0 Å². The summed E-state index contributed by atoms with van der Waals surface area (Å²) in [5, 5.41) is 13.1. The van der Waals surface area contributed by atoms with Crippen LogP contribution < -0.4 is 10.1 Å². The SMILES string of the molecule is CCCCOc1cccc(CNC(=O)CC2(O)CCCC2)c1. The van der Waals surface area contributed by atoms with E-state index in [9.17, 15) is 9.90 Å². The van der Waals surface area contributed by atoms with Gasteiger partial charge in [0.1, 0.15) is 5.75 Å². The molecule has 2 N–H and O–H groups in total. The fourth-order valence-corrected chi connectivity index (χ4v) is 2.85. The molecule has 0 atom stereocenters. The fraction of sp³-hybridized carbons (Fsp3) is 0.611. The van der Waals surface area contributed by atoms with Gasteiger partial charge in [-0.15, -0.1) is 0 Å². The summed E-state index contributed by atoms with van der Waals surface area (Å²) >= 11 is 0. The predicted octanol–water partition coefficient (Wildman–Crippen LogP) is 3.18. The van der Waals surface area contributed by atoms with Crippen molar-refractivity contribution in [1.82, 2.24) is 5.32 Å². The van der Waals surface area contributed by atoms with Crippen molar-refractivity contribution in [2.24, 2.45) is 0 Å². The molecule has 1 amide bonds. The number of ether oxygens (including phenoxy) is 1. The fourth-order valence-electron chi connectivity index (χ4n) is 2.85. The summed E-state index contributed by atoms with van der Waals surface area (Å²) in [6, 6.07) is 7.80. The average molecular weight is 305 g/mol. The maximum atomic E-state index is 12.0. The molecule has 0 aromatic heterocycles. The van der Waals surface area contributed by atoms with Gasteiger partial charge < -0.3 is 15.2 Å². The Morgan fingerprint density at radius 2 is 2.14 bits per heavy atom. The van der Waals surface area contributed by atoms with Gasteiger partial charge >= 0.3 is 0 Å². The van der Waals surface area contributed by atoms with Crippen LogP contribution in [-0.2, 0) is 11.3 Å². The van der Waals surface area contributed by atoms with Crippen molar-refractivity contribution in [2.75, 3.05) is 6.61 Å². The molecule has 0 radical (unpaired) electrons. The molecule has 4 nitrogen and oxygen atoms in total. The van der Waals surface area contributed by atoms with Crippen LogP contribution in [0.15, 0.2) is 24.3 Å². The second kappa shape index (κ2) is 8.18. The number of hydrogen-bond donors (Lipinski definition) is 2. The standard InChI is InChI=1S/C18H27NO3/c1-2-3-11-22-16-8-6-7-15(12-16)14-19-17(20)13-18(21)9-4-5-10-18/h6-8,12,21H,2-5,9-11,13-14H2,1H3,(H,19,20). The van der Waals surface area contributed by atoms with E-state index >= 15 is 0 Å². The molecule has 0 saturated heterocycles. The number of aliphatic hydroxyl groups is 1. The van der Waals surface area contributed by atoms with Crippen LogP contribution in [0.1, 0.15) is 57.4 Å². The molecule has 1 aromatic rings. The Morgan fingerprint density at radius 1 is 1.36 bits per heavy atom. The summed E-state index contributed by atoms with van der Waals surface area (Å²) in [4.78, 5) is 12.0. The third-order valence-electron chi connectivity index (χ3n) is 4.18. The topological polar surface area (TPSA) is 58.6 Å². The van der Waals surface area contributed by atoms with E-state index in [1.54, 1.807) is 0 Å². The zero-order chi connectivity index (χ0) is 15.8. The van der Waals surface area contributed by atoms with Crippen LogP contribution in [0.2, 0.25) is 0 Å². The minimum Gasteiger partial charge on any atom is -0.494 e. The van der Waals surface area contributed by atoms with Gasteiger partial charge in [0.15, 0.2) is 0 Å². The molecule has 122 valence electrons. The quantitative estimate of drug-likeness (QED) is 0.725. The third-order valence-corrected chi connectivity index (χ3v) is 4.18. The first kappa shape index (κ1) is 16.8. The monoisotopic (exact) mass is 305 g/mol. The van der Waals surface area contributed by atoms with E-state index in [4.69, 9.17) is 4.74 Å². The first-order valence-corrected chi connectivity index (χ1v) is 8.32. The number of hydrogen-bond acceptors (Lipinski definition) is 3. The molecule has 0 heterocycles. The van der Waals surface area contributed by atoms with Gasteiger partial charge in [-0.1, -0.05) is 38.3 Å². The maximum absolute atomic E-state index is 12.0. The van der Waals surface area contributed by atoms with Gasteiger partial charge in [-0.3, -0.25) is 4.79 Å². The number of amides is 1. The molecule has 1 fully saturated rings. The highest BCUT2D eigenvalue weighted by Gasteiger charge is 2.33. The van der Waals surface area contributed by atoms with Crippen LogP contribution in [-0.4, -0.2) is 23.2 Å². The van der Waals surface area contributed by atoms with Crippen LogP contribution >= 0.6 is 0 Å². The highest BCUT2D eigenvalue weighted by atomic mass is 16.5. The Balaban J connectivity index is 1.78. The Labute approximate surface area is 132 Å². The highest BCUT2D eigenvalue weighted by Crippen LogP contribution is 2.32. The molecule has 0 aliphatic heterocycles. The minimum atomic E-state index is -0.783. The van der Waals surface area contributed by atoms with Crippen LogP contribution in [0.25, 0.3) is 0 Å². The lowest BCUT2D eigenvalue weighted by molar-refractivity contribution is -0.126. The number of carbonyl (C=O) groups is 1. The number of nitrogens with one attached hydrogen (secondary N) is 1. The normalized spacial score (nSPS) is 16.5. The van der Waals surface area contributed by atoms with Gasteiger partial charge in [0, 0.05) is 6.54 Å². The molecule has 1 saturated carbocycles. The molecule has 2 rings (SSSR count). The average Bonchev–Trinajstić information content (AvgIpc) is 2.92. The van der Waals surface area contributed by atoms with Crippen molar-refractivity contribution < 1.29 is 14.6 Å². The van der Waals surface area contributed by atoms with E-state index in [1.165, 1.54) is 0 Å². The molecule has 1 aliphatic rings. The Kier molecular flexibility index (Phi) is 6.25. The number of carbonyl (C=O) groups excluding carboxylic acids is 1. The molecule has 1 aliphatic carbocycles. The lowest BCUT2D eigenvalue weighted by Gasteiger charge is -2.21. The van der Waals surface area contributed by atoms with Gasteiger partial charge in [-0.2, -0.15) is 0 Å². The third kappa shape index (κ3) is 5.34. The molecule has 0 spiro atoms. The Bertz CT molecular complexity index is 481. The van der Waals surface area contributed by atoms with Crippen LogP contribution in [0.4, 0.5) is 0 Å². The van der Waals surface area contributed by atoms with Crippen LogP contribution in [0, 0.1) is 0 Å². The summed E-state index contributed by atoms with van der Waals surface area (Å²) in [5.74, 6) is 0.760. The summed E-state index contributed by atoms with van der Waals surface area (Å²) in [6.45, 7) is 3.33. The molecular weight excluding hydrogens is 278 g/mol. The lowest BCUT2D eigenvalue weighted by atomic mass is 9.97. The first-order valence-electron chi connectivity index (χ1n) is 8.32. The van der Waals surface area contributed by atoms with Gasteiger partial charge in [0.2, 0.25) is 5.91 Å². The Hall–Kier alpha value is -1.55. The van der Waals surface area contributed by atoms with E-state index < -0.39 is 5.60 Å². The van der Waals surface area contributed by atoms with E-state index in [0.29, 0.717) is 6.54 Å². The molecule has 4 heteroatoms. The first-order chi connectivity index (χ1) is 10.6. The van der Waals surface area contributed by atoms with E-state index in [1.807, 2.05) is 24.3 Å².